The van der Waals surface area contributed by atoms with Gasteiger partial charge in [-0.1, -0.05) is 13.8 Å². The number of halogens is 1. The first-order valence-corrected chi connectivity index (χ1v) is 8.53. The molecule has 114 valence electrons. The van der Waals surface area contributed by atoms with Crippen LogP contribution in [0.1, 0.15) is 31.4 Å². The number of anilines is 1. The van der Waals surface area contributed by atoms with Crippen LogP contribution < -0.4 is 4.72 Å². The molecule has 0 fully saturated rings. The second kappa shape index (κ2) is 5.72. The van der Waals surface area contributed by atoms with Crippen molar-refractivity contribution in [3.8, 4) is 0 Å². The van der Waals surface area contributed by atoms with Gasteiger partial charge in [0, 0.05) is 13.0 Å². The zero-order chi connectivity index (χ0) is 15.8. The molecule has 0 unspecified atom stereocenters. The summed E-state index contributed by atoms with van der Waals surface area (Å²) >= 11 is 3.23. The Morgan fingerprint density at radius 1 is 1.29 bits per heavy atom. The second-order valence-electron chi connectivity index (χ2n) is 4.90. The minimum Gasteiger partial charge on any atom is -0.325 e. The lowest BCUT2D eigenvalue weighted by atomic mass is 10.2. The van der Waals surface area contributed by atoms with Gasteiger partial charge in [0.2, 0.25) is 5.03 Å². The van der Waals surface area contributed by atoms with Crippen LogP contribution in [0.3, 0.4) is 0 Å². The summed E-state index contributed by atoms with van der Waals surface area (Å²) in [5, 5.41) is -0.0598. The van der Waals surface area contributed by atoms with Gasteiger partial charge in [0.25, 0.3) is 10.0 Å². The highest BCUT2D eigenvalue weighted by Gasteiger charge is 2.24. The van der Waals surface area contributed by atoms with E-state index < -0.39 is 10.0 Å². The normalized spacial score (nSPS) is 11.9. The maximum Gasteiger partial charge on any atom is 0.282 e. The van der Waals surface area contributed by atoms with Crippen molar-refractivity contribution in [1.29, 1.82) is 0 Å². The monoisotopic (exact) mass is 373 g/mol. The van der Waals surface area contributed by atoms with Gasteiger partial charge in [-0.15, -0.1) is 0 Å². The maximum absolute atomic E-state index is 12.3. The predicted molar refractivity (Wildman–Crippen MR) is 82.6 cm³/mol. The lowest BCUT2D eigenvalue weighted by Gasteiger charge is -2.07. The van der Waals surface area contributed by atoms with E-state index in [9.17, 15) is 8.42 Å². The number of sulfonamides is 1. The van der Waals surface area contributed by atoms with E-state index in [-0.39, 0.29) is 10.9 Å². The van der Waals surface area contributed by atoms with E-state index in [1.807, 2.05) is 13.8 Å². The number of nitrogens with one attached hydrogen (secondary N) is 1. The summed E-state index contributed by atoms with van der Waals surface area (Å²) in [6, 6.07) is 0. The number of nitrogens with zero attached hydrogens (tertiary/aromatic N) is 4. The Labute approximate surface area is 132 Å². The van der Waals surface area contributed by atoms with Crippen LogP contribution in [0, 0.1) is 6.92 Å². The molecule has 0 atom stereocenters. The molecule has 21 heavy (non-hydrogen) atoms. The Morgan fingerprint density at radius 3 is 2.29 bits per heavy atom. The summed E-state index contributed by atoms with van der Waals surface area (Å²) in [4.78, 5) is 12.3. The summed E-state index contributed by atoms with van der Waals surface area (Å²) in [5.41, 5.74) is 0.301. The summed E-state index contributed by atoms with van der Waals surface area (Å²) < 4.78 is 29.1. The zero-order valence-corrected chi connectivity index (χ0v) is 14.5. The molecule has 7 nitrogen and oxygen atoms in total. The van der Waals surface area contributed by atoms with Crippen LogP contribution in [-0.2, 0) is 17.1 Å². The summed E-state index contributed by atoms with van der Waals surface area (Å²) in [5.74, 6) is 1.43. The highest BCUT2D eigenvalue weighted by atomic mass is 79.9. The molecule has 2 heterocycles. The number of aryl methyl sites for hydroxylation is 1. The number of rotatable bonds is 4. The van der Waals surface area contributed by atoms with Gasteiger partial charge < -0.3 is 4.57 Å². The van der Waals surface area contributed by atoms with Gasteiger partial charge in [0.15, 0.2) is 0 Å². The molecule has 9 heteroatoms. The van der Waals surface area contributed by atoms with Crippen LogP contribution in [-0.4, -0.2) is 27.9 Å². The molecule has 0 saturated heterocycles. The van der Waals surface area contributed by atoms with E-state index in [1.54, 1.807) is 18.5 Å². The molecule has 0 aliphatic heterocycles. The largest absolute Gasteiger partial charge is 0.325 e. The summed E-state index contributed by atoms with van der Waals surface area (Å²) in [6.07, 6.45) is 2.90. The van der Waals surface area contributed by atoms with E-state index >= 15 is 0 Å². The van der Waals surface area contributed by atoms with Crippen LogP contribution in [0.15, 0.2) is 22.0 Å². The Hall–Kier alpha value is -1.48. The smallest absolute Gasteiger partial charge is 0.282 e. The Morgan fingerprint density at radius 2 is 1.86 bits per heavy atom. The fourth-order valence-electron chi connectivity index (χ4n) is 1.62. The number of imidazole rings is 1. The van der Waals surface area contributed by atoms with Gasteiger partial charge in [-0.3, -0.25) is 4.72 Å². The van der Waals surface area contributed by atoms with Gasteiger partial charge in [-0.25, -0.2) is 15.0 Å². The SMILES string of the molecule is Cc1nc(S(=O)(=O)Nc2cnc(C(C)C)nc2)c(Br)n1C. The Bertz CT molecular complexity index is 753. The molecule has 0 spiro atoms. The lowest BCUT2D eigenvalue weighted by Crippen LogP contribution is -2.15. The fraction of sp³-hybridized carbons (Fsp3) is 0.417. The first-order chi connectivity index (χ1) is 9.72. The lowest BCUT2D eigenvalue weighted by molar-refractivity contribution is 0.597. The summed E-state index contributed by atoms with van der Waals surface area (Å²) in [6.45, 7) is 5.66. The standard InChI is InChI=1S/C12H16BrN5O2S/c1-7(2)11-14-5-9(6-15-11)17-21(19,20)12-10(13)18(4)8(3)16-12/h5-7,17H,1-4H3. The van der Waals surface area contributed by atoms with Gasteiger partial charge >= 0.3 is 0 Å². The van der Waals surface area contributed by atoms with Crippen molar-refractivity contribution in [2.45, 2.75) is 31.7 Å². The van der Waals surface area contributed by atoms with Crippen LogP contribution in [0.25, 0.3) is 0 Å². The zero-order valence-electron chi connectivity index (χ0n) is 12.1. The molecule has 0 aromatic carbocycles. The molecule has 0 radical (unpaired) electrons. The predicted octanol–water partition coefficient (Wildman–Crippen LogP) is 2.21. The molecular weight excluding hydrogens is 358 g/mol. The fourth-order valence-corrected chi connectivity index (χ4v) is 3.72. The third kappa shape index (κ3) is 3.24. The highest BCUT2D eigenvalue weighted by Crippen LogP contribution is 2.23. The average molecular weight is 374 g/mol. The van der Waals surface area contributed by atoms with E-state index in [2.05, 4.69) is 35.6 Å². The molecule has 2 aromatic rings. The van der Waals surface area contributed by atoms with Crippen LogP contribution in [0.2, 0.25) is 0 Å². The third-order valence-corrected chi connectivity index (χ3v) is 5.38. The molecule has 0 saturated carbocycles. The number of hydrogen-bond acceptors (Lipinski definition) is 5. The molecular formula is C12H16BrN5O2S. The Balaban J connectivity index is 2.31. The molecule has 1 N–H and O–H groups in total. The minimum absolute atomic E-state index is 0.0598. The number of hydrogen-bond donors (Lipinski definition) is 1. The molecule has 2 aromatic heterocycles. The first kappa shape index (κ1) is 15.9. The molecule has 2 rings (SSSR count). The van der Waals surface area contributed by atoms with E-state index in [1.165, 1.54) is 12.4 Å². The van der Waals surface area contributed by atoms with Crippen molar-refractivity contribution in [2.24, 2.45) is 7.05 Å². The first-order valence-electron chi connectivity index (χ1n) is 6.26. The van der Waals surface area contributed by atoms with E-state index in [0.29, 0.717) is 21.9 Å². The van der Waals surface area contributed by atoms with E-state index in [4.69, 9.17) is 0 Å². The van der Waals surface area contributed by atoms with Crippen LogP contribution in [0.4, 0.5) is 5.69 Å². The number of aromatic nitrogens is 4. The third-order valence-electron chi connectivity index (χ3n) is 2.91. The van der Waals surface area contributed by atoms with Gasteiger partial charge in [0.1, 0.15) is 16.3 Å². The average Bonchev–Trinajstić information content (AvgIpc) is 2.67. The van der Waals surface area contributed by atoms with Gasteiger partial charge in [-0.05, 0) is 22.9 Å². The maximum atomic E-state index is 12.3. The highest BCUT2D eigenvalue weighted by molar-refractivity contribution is 9.10. The van der Waals surface area contributed by atoms with Crippen molar-refractivity contribution >= 4 is 31.6 Å². The molecule has 0 aliphatic rings. The van der Waals surface area contributed by atoms with Crippen molar-refractivity contribution in [1.82, 2.24) is 19.5 Å². The van der Waals surface area contributed by atoms with Gasteiger partial charge in [0.05, 0.1) is 18.1 Å². The van der Waals surface area contributed by atoms with E-state index in [0.717, 1.165) is 0 Å². The molecule has 0 aliphatic carbocycles. The molecule has 0 bridgehead atoms. The minimum atomic E-state index is -3.79. The molecule has 0 amide bonds. The topological polar surface area (TPSA) is 89.8 Å². The van der Waals surface area contributed by atoms with Crippen LogP contribution in [0.5, 0.6) is 0 Å². The van der Waals surface area contributed by atoms with Crippen LogP contribution >= 0.6 is 15.9 Å². The van der Waals surface area contributed by atoms with Crippen molar-refractivity contribution in [3.05, 3.63) is 28.6 Å². The summed E-state index contributed by atoms with van der Waals surface area (Å²) in [7, 11) is -2.06. The van der Waals surface area contributed by atoms with Crippen molar-refractivity contribution < 1.29 is 8.42 Å². The second-order valence-corrected chi connectivity index (χ2v) is 7.25. The van der Waals surface area contributed by atoms with Gasteiger partial charge in [-0.2, -0.15) is 8.42 Å². The quantitative estimate of drug-likeness (QED) is 0.886. The van der Waals surface area contributed by atoms with Crippen molar-refractivity contribution in [2.75, 3.05) is 4.72 Å². The van der Waals surface area contributed by atoms with Crippen molar-refractivity contribution in [3.63, 3.8) is 0 Å². The Kier molecular flexibility index (Phi) is 4.33.